The lowest BCUT2D eigenvalue weighted by molar-refractivity contribution is -0.153. The van der Waals surface area contributed by atoms with Crippen molar-refractivity contribution in [2.75, 3.05) is 0 Å². The fourth-order valence-corrected chi connectivity index (χ4v) is 1.17. The number of carbonyl (C=O) groups excluding carboxylic acids is 1. The zero-order valence-electron chi connectivity index (χ0n) is 8.78. The average molecular weight is 202 g/mol. The highest BCUT2D eigenvalue weighted by Crippen LogP contribution is 2.08. The lowest BCUT2D eigenvalue weighted by atomic mass is 10.1. The van der Waals surface area contributed by atoms with Gasteiger partial charge in [0.25, 0.3) is 0 Å². The van der Waals surface area contributed by atoms with E-state index < -0.39 is 12.1 Å². The summed E-state index contributed by atoms with van der Waals surface area (Å²) in [5, 5.41) is 8.56. The number of rotatable bonds is 7. The van der Waals surface area contributed by atoms with Crippen molar-refractivity contribution >= 4 is 11.9 Å². The van der Waals surface area contributed by atoms with E-state index in [4.69, 9.17) is 9.84 Å². The number of hydrogen-bond donors (Lipinski definition) is 1. The Bertz CT molecular complexity index is 189. The summed E-state index contributed by atoms with van der Waals surface area (Å²) in [5.74, 6) is -1.22. The van der Waals surface area contributed by atoms with Gasteiger partial charge in [-0.3, -0.25) is 9.59 Å². The molecule has 0 rings (SSSR count). The first-order valence-electron chi connectivity index (χ1n) is 5.01. The van der Waals surface area contributed by atoms with Crippen molar-refractivity contribution in [3.63, 3.8) is 0 Å². The Balaban J connectivity index is 3.94. The fourth-order valence-electron chi connectivity index (χ4n) is 1.17. The molecule has 0 saturated carbocycles. The van der Waals surface area contributed by atoms with Gasteiger partial charge >= 0.3 is 11.9 Å². The molecule has 0 heterocycles. The maximum absolute atomic E-state index is 11.1. The van der Waals surface area contributed by atoms with E-state index in [0.717, 1.165) is 12.8 Å². The summed E-state index contributed by atoms with van der Waals surface area (Å²) in [6, 6.07) is 0. The van der Waals surface area contributed by atoms with Gasteiger partial charge in [0.1, 0.15) is 6.10 Å². The number of hydrogen-bond acceptors (Lipinski definition) is 3. The maximum atomic E-state index is 11.1. The largest absolute Gasteiger partial charge is 0.481 e. The summed E-state index contributed by atoms with van der Waals surface area (Å²) >= 11 is 0. The second-order valence-corrected chi connectivity index (χ2v) is 3.25. The molecular formula is C10H18O4. The summed E-state index contributed by atoms with van der Waals surface area (Å²) in [7, 11) is 0. The van der Waals surface area contributed by atoms with Gasteiger partial charge in [0.15, 0.2) is 0 Å². The third-order valence-corrected chi connectivity index (χ3v) is 1.77. The van der Waals surface area contributed by atoms with Crippen LogP contribution in [0.5, 0.6) is 0 Å². The summed E-state index contributed by atoms with van der Waals surface area (Å²) in [5.41, 5.74) is 0. The molecule has 0 aromatic heterocycles. The minimum atomic E-state index is -0.923. The molecule has 14 heavy (non-hydrogen) atoms. The van der Waals surface area contributed by atoms with Crippen LogP contribution < -0.4 is 0 Å². The molecule has 0 aromatic rings. The van der Waals surface area contributed by atoms with Crippen molar-refractivity contribution in [1.82, 2.24) is 0 Å². The van der Waals surface area contributed by atoms with E-state index in [-0.39, 0.29) is 12.4 Å². The van der Waals surface area contributed by atoms with Gasteiger partial charge in [0, 0.05) is 6.42 Å². The molecule has 0 unspecified atom stereocenters. The van der Waals surface area contributed by atoms with Gasteiger partial charge in [-0.2, -0.15) is 0 Å². The van der Waals surface area contributed by atoms with Gasteiger partial charge < -0.3 is 9.84 Å². The number of carbonyl (C=O) groups is 2. The van der Waals surface area contributed by atoms with Crippen LogP contribution in [-0.2, 0) is 14.3 Å². The Morgan fingerprint density at radius 3 is 2.36 bits per heavy atom. The van der Waals surface area contributed by atoms with E-state index in [9.17, 15) is 9.59 Å². The third kappa shape index (κ3) is 6.46. The Kier molecular flexibility index (Phi) is 6.80. The number of ether oxygens (including phenoxy) is 1. The van der Waals surface area contributed by atoms with Gasteiger partial charge in [-0.05, 0) is 12.8 Å². The SMILES string of the molecule is CCCC(=O)O[C@H](CCC)CC(=O)O. The van der Waals surface area contributed by atoms with E-state index in [1.54, 1.807) is 0 Å². The maximum Gasteiger partial charge on any atom is 0.307 e. The van der Waals surface area contributed by atoms with Crippen LogP contribution in [0.15, 0.2) is 0 Å². The van der Waals surface area contributed by atoms with E-state index in [0.29, 0.717) is 12.8 Å². The van der Waals surface area contributed by atoms with Crippen molar-refractivity contribution in [1.29, 1.82) is 0 Å². The molecule has 1 N–H and O–H groups in total. The van der Waals surface area contributed by atoms with Gasteiger partial charge in [-0.1, -0.05) is 20.3 Å². The normalized spacial score (nSPS) is 12.1. The van der Waals surface area contributed by atoms with Crippen molar-refractivity contribution in [3.05, 3.63) is 0 Å². The van der Waals surface area contributed by atoms with Crippen molar-refractivity contribution < 1.29 is 19.4 Å². The predicted octanol–water partition coefficient (Wildman–Crippen LogP) is 1.97. The molecule has 0 aliphatic carbocycles. The van der Waals surface area contributed by atoms with Crippen molar-refractivity contribution in [2.24, 2.45) is 0 Å². The van der Waals surface area contributed by atoms with E-state index in [2.05, 4.69) is 0 Å². The van der Waals surface area contributed by atoms with Crippen LogP contribution in [0.25, 0.3) is 0 Å². The van der Waals surface area contributed by atoms with E-state index >= 15 is 0 Å². The van der Waals surface area contributed by atoms with Crippen molar-refractivity contribution in [3.8, 4) is 0 Å². The van der Waals surface area contributed by atoms with E-state index in [1.165, 1.54) is 0 Å². The zero-order chi connectivity index (χ0) is 11.0. The molecule has 0 aromatic carbocycles. The fraction of sp³-hybridized carbons (Fsp3) is 0.800. The van der Waals surface area contributed by atoms with Gasteiger partial charge in [-0.25, -0.2) is 0 Å². The summed E-state index contributed by atoms with van der Waals surface area (Å²) in [6.45, 7) is 3.82. The van der Waals surface area contributed by atoms with Crippen LogP contribution in [0.2, 0.25) is 0 Å². The standard InChI is InChI=1S/C10H18O4/c1-3-5-8(7-9(11)12)14-10(13)6-4-2/h8H,3-7H2,1-2H3,(H,11,12)/t8-/m1/s1. The Morgan fingerprint density at radius 1 is 1.29 bits per heavy atom. The topological polar surface area (TPSA) is 63.6 Å². The van der Waals surface area contributed by atoms with Crippen LogP contribution in [0.1, 0.15) is 46.0 Å². The third-order valence-electron chi connectivity index (χ3n) is 1.77. The highest BCUT2D eigenvalue weighted by atomic mass is 16.5. The monoisotopic (exact) mass is 202 g/mol. The number of esters is 1. The highest BCUT2D eigenvalue weighted by Gasteiger charge is 2.16. The second-order valence-electron chi connectivity index (χ2n) is 3.25. The van der Waals surface area contributed by atoms with E-state index in [1.807, 2.05) is 13.8 Å². The van der Waals surface area contributed by atoms with Crippen molar-refractivity contribution in [2.45, 2.75) is 52.1 Å². The smallest absolute Gasteiger partial charge is 0.307 e. The van der Waals surface area contributed by atoms with Crippen LogP contribution in [0, 0.1) is 0 Å². The van der Waals surface area contributed by atoms with Gasteiger partial charge in [0.05, 0.1) is 6.42 Å². The number of carboxylic acid groups (broad SMARTS) is 1. The summed E-state index contributed by atoms with van der Waals surface area (Å²) in [6.07, 6.45) is 1.96. The summed E-state index contributed by atoms with van der Waals surface area (Å²) < 4.78 is 5.02. The summed E-state index contributed by atoms with van der Waals surface area (Å²) in [4.78, 5) is 21.5. The minimum absolute atomic E-state index is 0.0940. The molecule has 4 nitrogen and oxygen atoms in total. The molecule has 0 saturated heterocycles. The molecule has 82 valence electrons. The highest BCUT2D eigenvalue weighted by molar-refractivity contribution is 5.71. The number of aliphatic carboxylic acids is 1. The molecule has 0 radical (unpaired) electrons. The lowest BCUT2D eigenvalue weighted by Gasteiger charge is -2.14. The quantitative estimate of drug-likeness (QED) is 0.641. The Morgan fingerprint density at radius 2 is 1.93 bits per heavy atom. The number of carboxylic acids is 1. The molecule has 0 amide bonds. The Hall–Kier alpha value is -1.06. The lowest BCUT2D eigenvalue weighted by Crippen LogP contribution is -2.21. The average Bonchev–Trinajstić information content (AvgIpc) is 2.03. The van der Waals surface area contributed by atoms with Gasteiger partial charge in [-0.15, -0.1) is 0 Å². The first kappa shape index (κ1) is 12.9. The van der Waals surface area contributed by atoms with Crippen LogP contribution in [-0.4, -0.2) is 23.1 Å². The molecule has 0 fully saturated rings. The second kappa shape index (κ2) is 7.35. The molecule has 0 aliphatic rings. The predicted molar refractivity (Wildman–Crippen MR) is 51.9 cm³/mol. The first-order chi connectivity index (χ1) is 6.60. The zero-order valence-corrected chi connectivity index (χ0v) is 8.78. The van der Waals surface area contributed by atoms with Crippen LogP contribution >= 0.6 is 0 Å². The molecule has 0 aliphatic heterocycles. The van der Waals surface area contributed by atoms with Crippen LogP contribution in [0.3, 0.4) is 0 Å². The van der Waals surface area contributed by atoms with Crippen LogP contribution in [0.4, 0.5) is 0 Å². The molecule has 0 bridgehead atoms. The minimum Gasteiger partial charge on any atom is -0.481 e. The molecular weight excluding hydrogens is 184 g/mol. The molecule has 4 heteroatoms. The van der Waals surface area contributed by atoms with Gasteiger partial charge in [0.2, 0.25) is 0 Å². The molecule has 1 atom stereocenters. The first-order valence-corrected chi connectivity index (χ1v) is 5.01. The Labute approximate surface area is 84.3 Å². The molecule has 0 spiro atoms.